The van der Waals surface area contributed by atoms with Crippen molar-refractivity contribution in [1.29, 1.82) is 0 Å². The van der Waals surface area contributed by atoms with Gasteiger partial charge in [-0.05, 0) is 26.0 Å². The normalized spacial score (nSPS) is 13.6. The average Bonchev–Trinajstić information content (AvgIpc) is 3.01. The standard InChI is InChI=1S/C18H17ClFN5S/c1-10-16(19)21-11(2)22-17(10)25-8-7-14-15(9-25)26-18(24-14)23-13-6-4-3-5-12(13)20/h3-6H,7-9H2,1-2H3,(H,23,24). The van der Waals surface area contributed by atoms with Gasteiger partial charge in [0.2, 0.25) is 0 Å². The fourth-order valence-corrected chi connectivity index (χ4v) is 4.24. The molecule has 1 aliphatic heterocycles. The molecule has 0 atom stereocenters. The van der Waals surface area contributed by atoms with E-state index in [0.29, 0.717) is 28.3 Å². The number of hydrogen-bond acceptors (Lipinski definition) is 6. The lowest BCUT2D eigenvalue weighted by Crippen LogP contribution is -2.31. The van der Waals surface area contributed by atoms with Crippen LogP contribution in [0.4, 0.5) is 21.0 Å². The SMILES string of the molecule is Cc1nc(Cl)c(C)c(N2CCc3nc(Nc4ccccc4F)sc3C2)n1. The molecule has 134 valence electrons. The summed E-state index contributed by atoms with van der Waals surface area (Å²) in [6, 6.07) is 6.60. The van der Waals surface area contributed by atoms with E-state index in [2.05, 4.69) is 25.2 Å². The fraction of sp³-hybridized carbons (Fsp3) is 0.278. The number of aromatic nitrogens is 3. The van der Waals surface area contributed by atoms with E-state index < -0.39 is 0 Å². The quantitative estimate of drug-likeness (QED) is 0.661. The summed E-state index contributed by atoms with van der Waals surface area (Å²) in [7, 11) is 0. The van der Waals surface area contributed by atoms with Gasteiger partial charge in [-0.25, -0.2) is 19.3 Å². The Hall–Kier alpha value is -2.25. The van der Waals surface area contributed by atoms with Crippen LogP contribution in [0, 0.1) is 19.7 Å². The van der Waals surface area contributed by atoms with Crippen LogP contribution in [0.2, 0.25) is 5.15 Å². The lowest BCUT2D eigenvalue weighted by molar-refractivity contribution is 0.632. The second-order valence-electron chi connectivity index (χ2n) is 6.18. The highest BCUT2D eigenvalue weighted by Gasteiger charge is 2.24. The van der Waals surface area contributed by atoms with Crippen LogP contribution >= 0.6 is 22.9 Å². The third-order valence-corrected chi connectivity index (χ3v) is 5.68. The lowest BCUT2D eigenvalue weighted by atomic mass is 10.1. The summed E-state index contributed by atoms with van der Waals surface area (Å²) >= 11 is 7.76. The number of hydrogen-bond donors (Lipinski definition) is 1. The van der Waals surface area contributed by atoms with Crippen molar-refractivity contribution in [1.82, 2.24) is 15.0 Å². The molecule has 2 aromatic heterocycles. The third kappa shape index (κ3) is 3.24. The van der Waals surface area contributed by atoms with Gasteiger partial charge in [-0.15, -0.1) is 0 Å². The van der Waals surface area contributed by atoms with Gasteiger partial charge in [-0.3, -0.25) is 0 Å². The highest BCUT2D eigenvalue weighted by atomic mass is 35.5. The Labute approximate surface area is 159 Å². The zero-order chi connectivity index (χ0) is 18.3. The summed E-state index contributed by atoms with van der Waals surface area (Å²) in [4.78, 5) is 16.8. The Bertz CT molecular complexity index is 974. The highest BCUT2D eigenvalue weighted by Crippen LogP contribution is 2.33. The molecule has 26 heavy (non-hydrogen) atoms. The second kappa shape index (κ2) is 6.81. The van der Waals surface area contributed by atoms with E-state index in [4.69, 9.17) is 11.6 Å². The van der Waals surface area contributed by atoms with Crippen molar-refractivity contribution in [3.05, 3.63) is 57.2 Å². The smallest absolute Gasteiger partial charge is 0.187 e. The maximum absolute atomic E-state index is 13.8. The Morgan fingerprint density at radius 2 is 2.00 bits per heavy atom. The van der Waals surface area contributed by atoms with E-state index in [0.717, 1.165) is 34.9 Å². The molecule has 0 aliphatic carbocycles. The van der Waals surface area contributed by atoms with Crippen molar-refractivity contribution < 1.29 is 4.39 Å². The molecule has 0 saturated carbocycles. The summed E-state index contributed by atoms with van der Waals surface area (Å²) in [5, 5.41) is 4.28. The minimum atomic E-state index is -0.288. The average molecular weight is 390 g/mol. The monoisotopic (exact) mass is 389 g/mol. The molecule has 8 heteroatoms. The van der Waals surface area contributed by atoms with Crippen molar-refractivity contribution >= 4 is 39.6 Å². The van der Waals surface area contributed by atoms with Gasteiger partial charge in [0.15, 0.2) is 5.13 Å². The number of rotatable bonds is 3. The largest absolute Gasteiger partial charge is 0.351 e. The van der Waals surface area contributed by atoms with Crippen LogP contribution in [-0.4, -0.2) is 21.5 Å². The molecule has 3 heterocycles. The summed E-state index contributed by atoms with van der Waals surface area (Å²) in [6.45, 7) is 5.29. The lowest BCUT2D eigenvalue weighted by Gasteiger charge is -2.28. The van der Waals surface area contributed by atoms with Crippen LogP contribution in [-0.2, 0) is 13.0 Å². The van der Waals surface area contributed by atoms with Crippen molar-refractivity contribution in [2.75, 3.05) is 16.8 Å². The molecular formula is C18H17ClFN5S. The minimum Gasteiger partial charge on any atom is -0.351 e. The molecule has 0 spiro atoms. The van der Waals surface area contributed by atoms with Gasteiger partial charge < -0.3 is 10.2 Å². The third-order valence-electron chi connectivity index (χ3n) is 4.32. The molecule has 3 aromatic rings. The first kappa shape index (κ1) is 17.2. The maximum atomic E-state index is 13.8. The number of para-hydroxylation sites is 1. The summed E-state index contributed by atoms with van der Waals surface area (Å²) in [6.07, 6.45) is 0.810. The van der Waals surface area contributed by atoms with E-state index in [1.165, 1.54) is 6.07 Å². The number of nitrogens with zero attached hydrogens (tertiary/aromatic N) is 4. The summed E-state index contributed by atoms with van der Waals surface area (Å²) in [5.41, 5.74) is 2.37. The molecule has 5 nitrogen and oxygen atoms in total. The molecule has 4 rings (SSSR count). The molecule has 0 fully saturated rings. The number of nitrogens with one attached hydrogen (secondary N) is 1. The Morgan fingerprint density at radius 3 is 2.81 bits per heavy atom. The Kier molecular flexibility index (Phi) is 4.50. The topological polar surface area (TPSA) is 53.9 Å². The molecule has 1 aromatic carbocycles. The van der Waals surface area contributed by atoms with Crippen LogP contribution in [0.3, 0.4) is 0 Å². The first-order valence-corrected chi connectivity index (χ1v) is 9.46. The summed E-state index contributed by atoms with van der Waals surface area (Å²) < 4.78 is 13.8. The number of anilines is 3. The Morgan fingerprint density at radius 1 is 1.19 bits per heavy atom. The van der Waals surface area contributed by atoms with Crippen molar-refractivity contribution in [2.24, 2.45) is 0 Å². The number of benzene rings is 1. The van der Waals surface area contributed by atoms with E-state index >= 15 is 0 Å². The number of halogens is 2. The highest BCUT2D eigenvalue weighted by molar-refractivity contribution is 7.15. The van der Waals surface area contributed by atoms with E-state index in [-0.39, 0.29) is 5.82 Å². The molecule has 0 amide bonds. The van der Waals surface area contributed by atoms with E-state index in [1.807, 2.05) is 13.8 Å². The zero-order valence-corrected chi connectivity index (χ0v) is 16.0. The van der Waals surface area contributed by atoms with Crippen LogP contribution in [0.1, 0.15) is 22.0 Å². The van der Waals surface area contributed by atoms with Gasteiger partial charge in [0, 0.05) is 23.4 Å². The van der Waals surface area contributed by atoms with Gasteiger partial charge >= 0.3 is 0 Å². The number of thiazole rings is 1. The summed E-state index contributed by atoms with van der Waals surface area (Å²) in [5.74, 6) is 1.24. The molecule has 1 aliphatic rings. The molecular weight excluding hydrogens is 373 g/mol. The fourth-order valence-electron chi connectivity index (χ4n) is 3.00. The molecule has 0 saturated heterocycles. The minimum absolute atomic E-state index is 0.288. The number of fused-ring (bicyclic) bond motifs is 1. The Balaban J connectivity index is 1.58. The van der Waals surface area contributed by atoms with E-state index in [9.17, 15) is 4.39 Å². The predicted octanol–water partition coefficient (Wildman–Crippen LogP) is 4.65. The van der Waals surface area contributed by atoms with Crippen molar-refractivity contribution in [2.45, 2.75) is 26.8 Å². The van der Waals surface area contributed by atoms with Gasteiger partial charge in [0.1, 0.15) is 22.6 Å². The van der Waals surface area contributed by atoms with Gasteiger partial charge in [0.05, 0.1) is 17.9 Å². The van der Waals surface area contributed by atoms with Crippen molar-refractivity contribution in [3.8, 4) is 0 Å². The molecule has 1 N–H and O–H groups in total. The second-order valence-corrected chi connectivity index (χ2v) is 7.62. The maximum Gasteiger partial charge on any atom is 0.187 e. The first-order valence-electron chi connectivity index (χ1n) is 8.27. The number of aryl methyl sites for hydroxylation is 1. The van der Waals surface area contributed by atoms with Crippen LogP contribution in [0.25, 0.3) is 0 Å². The van der Waals surface area contributed by atoms with Gasteiger partial charge in [-0.1, -0.05) is 35.1 Å². The van der Waals surface area contributed by atoms with Gasteiger partial charge in [0.25, 0.3) is 0 Å². The zero-order valence-electron chi connectivity index (χ0n) is 14.4. The first-order chi connectivity index (χ1) is 12.5. The predicted molar refractivity (Wildman–Crippen MR) is 103 cm³/mol. The van der Waals surface area contributed by atoms with Crippen LogP contribution in [0.5, 0.6) is 0 Å². The van der Waals surface area contributed by atoms with Crippen LogP contribution in [0.15, 0.2) is 24.3 Å². The molecule has 0 radical (unpaired) electrons. The van der Waals surface area contributed by atoms with Crippen molar-refractivity contribution in [3.63, 3.8) is 0 Å². The molecule has 0 unspecified atom stereocenters. The van der Waals surface area contributed by atoms with Gasteiger partial charge in [-0.2, -0.15) is 0 Å². The molecule has 0 bridgehead atoms. The van der Waals surface area contributed by atoms with E-state index in [1.54, 1.807) is 29.5 Å². The van der Waals surface area contributed by atoms with Crippen LogP contribution < -0.4 is 10.2 Å².